The molecule has 0 aromatic heterocycles. The number of rotatable bonds is 4. The van der Waals surface area contributed by atoms with E-state index in [1.807, 2.05) is 6.92 Å². The van der Waals surface area contributed by atoms with Gasteiger partial charge in [-0.25, -0.2) is 0 Å². The molecule has 82 valence electrons. The van der Waals surface area contributed by atoms with Crippen LogP contribution in [0.25, 0.3) is 0 Å². The maximum absolute atomic E-state index is 11.5. The monoisotopic (exact) mass is 201 g/mol. The van der Waals surface area contributed by atoms with Gasteiger partial charge in [0, 0.05) is 13.2 Å². The molecule has 4 nitrogen and oxygen atoms in total. The molecule has 0 aliphatic carbocycles. The first-order valence-electron chi connectivity index (χ1n) is 5.27. The van der Waals surface area contributed by atoms with Crippen LogP contribution in [0.1, 0.15) is 26.2 Å². The van der Waals surface area contributed by atoms with Crippen LogP contribution in [0.3, 0.4) is 0 Å². The Morgan fingerprint density at radius 1 is 1.71 bits per heavy atom. The van der Waals surface area contributed by atoms with Crippen LogP contribution in [0.5, 0.6) is 0 Å². The van der Waals surface area contributed by atoms with Crippen LogP contribution in [0, 0.1) is 5.92 Å². The van der Waals surface area contributed by atoms with Crippen molar-refractivity contribution in [2.45, 2.75) is 32.3 Å². The lowest BCUT2D eigenvalue weighted by molar-refractivity contribution is -0.129. The van der Waals surface area contributed by atoms with E-state index in [4.69, 9.17) is 4.74 Å². The molecule has 0 bridgehead atoms. The molecule has 1 rings (SSSR count). The second-order valence-corrected chi connectivity index (χ2v) is 3.72. The number of hydrogen-bond donors (Lipinski definition) is 2. The largest absolute Gasteiger partial charge is 0.391 e. The highest BCUT2D eigenvalue weighted by Gasteiger charge is 2.21. The molecule has 2 unspecified atom stereocenters. The molecule has 1 aliphatic heterocycles. The zero-order valence-electron chi connectivity index (χ0n) is 8.66. The fraction of sp³-hybridized carbons (Fsp3) is 0.900. The summed E-state index contributed by atoms with van der Waals surface area (Å²) in [6.07, 6.45) is 2.09. The van der Waals surface area contributed by atoms with E-state index in [1.54, 1.807) is 0 Å². The number of carbonyl (C=O) groups is 1. The second kappa shape index (κ2) is 5.98. The fourth-order valence-corrected chi connectivity index (χ4v) is 1.45. The van der Waals surface area contributed by atoms with Gasteiger partial charge < -0.3 is 15.2 Å². The molecular formula is C10H19NO3. The van der Waals surface area contributed by atoms with Gasteiger partial charge in [-0.15, -0.1) is 0 Å². The maximum Gasteiger partial charge on any atom is 0.225 e. The van der Waals surface area contributed by atoms with E-state index in [2.05, 4.69) is 5.32 Å². The molecule has 0 aromatic rings. The molecule has 14 heavy (non-hydrogen) atoms. The van der Waals surface area contributed by atoms with Crippen LogP contribution in [-0.2, 0) is 9.53 Å². The van der Waals surface area contributed by atoms with Crippen molar-refractivity contribution in [2.24, 2.45) is 5.92 Å². The van der Waals surface area contributed by atoms with Crippen LogP contribution < -0.4 is 5.32 Å². The van der Waals surface area contributed by atoms with Crippen molar-refractivity contribution in [1.29, 1.82) is 0 Å². The van der Waals surface area contributed by atoms with Gasteiger partial charge in [0.15, 0.2) is 0 Å². The van der Waals surface area contributed by atoms with E-state index >= 15 is 0 Å². The van der Waals surface area contributed by atoms with Gasteiger partial charge in [0.1, 0.15) is 0 Å². The number of hydrogen-bond acceptors (Lipinski definition) is 3. The highest BCUT2D eigenvalue weighted by molar-refractivity contribution is 5.78. The van der Waals surface area contributed by atoms with Crippen molar-refractivity contribution < 1.29 is 14.6 Å². The Labute approximate surface area is 84.6 Å². The molecule has 1 amide bonds. The molecule has 1 fully saturated rings. The van der Waals surface area contributed by atoms with Gasteiger partial charge >= 0.3 is 0 Å². The topological polar surface area (TPSA) is 58.6 Å². The predicted octanol–water partition coefficient (Wildman–Crippen LogP) is 0.300. The average Bonchev–Trinajstić information content (AvgIpc) is 2.26. The van der Waals surface area contributed by atoms with Gasteiger partial charge in [-0.1, -0.05) is 6.92 Å². The summed E-state index contributed by atoms with van der Waals surface area (Å²) in [5.41, 5.74) is 0. The molecule has 0 saturated carbocycles. The van der Waals surface area contributed by atoms with E-state index in [0.29, 0.717) is 19.6 Å². The smallest absolute Gasteiger partial charge is 0.225 e. The van der Waals surface area contributed by atoms with E-state index in [9.17, 15) is 9.90 Å². The summed E-state index contributed by atoms with van der Waals surface area (Å²) in [5, 5.41) is 12.0. The van der Waals surface area contributed by atoms with Crippen molar-refractivity contribution in [3.63, 3.8) is 0 Å². The van der Waals surface area contributed by atoms with Crippen LogP contribution in [0.15, 0.2) is 0 Å². The summed E-state index contributed by atoms with van der Waals surface area (Å²) >= 11 is 0. The summed E-state index contributed by atoms with van der Waals surface area (Å²) in [5.74, 6) is -0.00925. The van der Waals surface area contributed by atoms with Crippen molar-refractivity contribution in [1.82, 2.24) is 5.32 Å². The van der Waals surface area contributed by atoms with Crippen LogP contribution in [-0.4, -0.2) is 36.9 Å². The number of aliphatic hydroxyl groups excluding tert-OH is 1. The number of ether oxygens (including phenoxy) is 1. The third-order valence-corrected chi connectivity index (χ3v) is 2.51. The normalized spacial score (nSPS) is 24.3. The Kier molecular flexibility index (Phi) is 4.90. The molecule has 1 aliphatic rings. The van der Waals surface area contributed by atoms with Crippen LogP contribution in [0.4, 0.5) is 0 Å². The zero-order chi connectivity index (χ0) is 10.4. The van der Waals surface area contributed by atoms with Crippen molar-refractivity contribution in [2.75, 3.05) is 19.8 Å². The Bertz CT molecular complexity index is 178. The van der Waals surface area contributed by atoms with E-state index < -0.39 is 6.10 Å². The van der Waals surface area contributed by atoms with Gasteiger partial charge in [0.05, 0.1) is 18.6 Å². The number of nitrogens with one attached hydrogen (secondary N) is 1. The van der Waals surface area contributed by atoms with Crippen molar-refractivity contribution in [3.05, 3.63) is 0 Å². The zero-order valence-corrected chi connectivity index (χ0v) is 8.66. The number of carbonyl (C=O) groups excluding carboxylic acids is 1. The Morgan fingerprint density at radius 2 is 2.50 bits per heavy atom. The summed E-state index contributed by atoms with van der Waals surface area (Å²) < 4.78 is 5.21. The first kappa shape index (κ1) is 11.5. The molecule has 4 heteroatoms. The Morgan fingerprint density at radius 3 is 3.07 bits per heavy atom. The van der Waals surface area contributed by atoms with Gasteiger partial charge in [-0.05, 0) is 19.3 Å². The van der Waals surface area contributed by atoms with Gasteiger partial charge in [0.2, 0.25) is 5.91 Å². The highest BCUT2D eigenvalue weighted by Crippen LogP contribution is 2.13. The highest BCUT2D eigenvalue weighted by atomic mass is 16.5. The van der Waals surface area contributed by atoms with Crippen molar-refractivity contribution >= 4 is 5.91 Å². The molecule has 0 radical (unpaired) electrons. The van der Waals surface area contributed by atoms with Gasteiger partial charge in [-0.3, -0.25) is 4.79 Å². The Balaban J connectivity index is 2.19. The second-order valence-electron chi connectivity index (χ2n) is 3.72. The lowest BCUT2D eigenvalue weighted by Crippen LogP contribution is -2.39. The van der Waals surface area contributed by atoms with E-state index in [1.165, 1.54) is 0 Å². The molecule has 2 N–H and O–H groups in total. The van der Waals surface area contributed by atoms with Crippen LogP contribution in [0.2, 0.25) is 0 Å². The summed E-state index contributed by atoms with van der Waals surface area (Å²) in [4.78, 5) is 11.5. The van der Waals surface area contributed by atoms with Gasteiger partial charge in [-0.2, -0.15) is 0 Å². The number of aliphatic hydroxyl groups is 1. The SMILES string of the molecule is CCC(O)CNC(=O)C1CCCOC1. The summed E-state index contributed by atoms with van der Waals surface area (Å²) in [6.45, 7) is 3.53. The van der Waals surface area contributed by atoms with Crippen molar-refractivity contribution in [3.8, 4) is 0 Å². The minimum absolute atomic E-state index is 0.0113. The Hall–Kier alpha value is -0.610. The minimum Gasteiger partial charge on any atom is -0.391 e. The van der Waals surface area contributed by atoms with E-state index in [0.717, 1.165) is 19.4 Å². The minimum atomic E-state index is -0.427. The maximum atomic E-state index is 11.5. The summed E-state index contributed by atoms with van der Waals surface area (Å²) in [6, 6.07) is 0. The molecule has 1 heterocycles. The third kappa shape index (κ3) is 3.64. The van der Waals surface area contributed by atoms with Crippen LogP contribution >= 0.6 is 0 Å². The molecule has 1 saturated heterocycles. The van der Waals surface area contributed by atoms with E-state index in [-0.39, 0.29) is 11.8 Å². The first-order valence-corrected chi connectivity index (χ1v) is 5.27. The van der Waals surface area contributed by atoms with Gasteiger partial charge in [0.25, 0.3) is 0 Å². The fourth-order valence-electron chi connectivity index (χ4n) is 1.45. The molecule has 2 atom stereocenters. The third-order valence-electron chi connectivity index (χ3n) is 2.51. The molecule has 0 aromatic carbocycles. The average molecular weight is 201 g/mol. The first-order chi connectivity index (χ1) is 6.74. The number of amides is 1. The molecular weight excluding hydrogens is 182 g/mol. The summed E-state index contributed by atoms with van der Waals surface area (Å²) in [7, 11) is 0. The standard InChI is InChI=1S/C10H19NO3/c1-2-9(12)6-11-10(13)8-4-3-5-14-7-8/h8-9,12H,2-7H2,1H3,(H,11,13). The lowest BCUT2D eigenvalue weighted by Gasteiger charge is -2.21. The quantitative estimate of drug-likeness (QED) is 0.687. The predicted molar refractivity (Wildman–Crippen MR) is 52.9 cm³/mol. The lowest BCUT2D eigenvalue weighted by atomic mass is 10.0. The molecule has 0 spiro atoms.